The third kappa shape index (κ3) is 3.63. The Bertz CT molecular complexity index is 1120. The zero-order chi connectivity index (χ0) is 21.3. The summed E-state index contributed by atoms with van der Waals surface area (Å²) in [7, 11) is 0. The first-order valence-electron chi connectivity index (χ1n) is 10.3. The Hall–Kier alpha value is -3.35. The van der Waals surface area contributed by atoms with Crippen LogP contribution in [0.2, 0.25) is 0 Å². The van der Waals surface area contributed by atoms with Crippen LogP contribution >= 0.6 is 0 Å². The molecule has 0 unspecified atom stereocenters. The first-order valence-corrected chi connectivity index (χ1v) is 10.3. The van der Waals surface area contributed by atoms with Crippen LogP contribution in [0.4, 0.5) is 0 Å². The number of phenolic OH excluding ortho intramolecular Hbond substituents is 1. The van der Waals surface area contributed by atoms with E-state index in [1.54, 1.807) is 17.9 Å². The van der Waals surface area contributed by atoms with Gasteiger partial charge in [-0.15, -0.1) is 0 Å². The van der Waals surface area contributed by atoms with E-state index in [2.05, 4.69) is 17.1 Å². The predicted octanol–water partition coefficient (Wildman–Crippen LogP) is 4.20. The molecule has 7 nitrogen and oxygen atoms in total. The third-order valence-electron chi connectivity index (χ3n) is 5.45. The standard InChI is InChI=1S/C23H25N3O4/c1-3-5-8-30-16-7-6-14-12-26(13-15(14)9-16)23(29)18-10-17-19(11-21(18)28)24-25-22(17)20(27)4-2/h6-7,9-11,28H,3-5,8,12-13H2,1-2H3,(H,24,25). The Kier molecular flexibility index (Phi) is 5.44. The fourth-order valence-corrected chi connectivity index (χ4v) is 3.71. The number of nitrogens with one attached hydrogen (secondary N) is 1. The minimum atomic E-state index is -0.282. The van der Waals surface area contributed by atoms with E-state index in [1.165, 1.54) is 6.07 Å². The number of aromatic hydroxyl groups is 1. The van der Waals surface area contributed by atoms with Crippen LogP contribution in [0.25, 0.3) is 10.9 Å². The van der Waals surface area contributed by atoms with Crippen LogP contribution in [0, 0.1) is 0 Å². The molecule has 2 aromatic carbocycles. The maximum atomic E-state index is 13.2. The second-order valence-corrected chi connectivity index (χ2v) is 7.56. The Labute approximate surface area is 174 Å². The summed E-state index contributed by atoms with van der Waals surface area (Å²) in [5, 5.41) is 17.8. The van der Waals surface area contributed by atoms with Crippen molar-refractivity contribution < 1.29 is 19.4 Å². The van der Waals surface area contributed by atoms with Crippen molar-refractivity contribution in [2.24, 2.45) is 0 Å². The van der Waals surface area contributed by atoms with Gasteiger partial charge in [0.2, 0.25) is 0 Å². The van der Waals surface area contributed by atoms with Crippen molar-refractivity contribution in [1.29, 1.82) is 0 Å². The molecule has 0 atom stereocenters. The van der Waals surface area contributed by atoms with Crippen LogP contribution in [-0.2, 0) is 13.1 Å². The molecule has 1 aromatic heterocycles. The third-order valence-corrected chi connectivity index (χ3v) is 5.45. The lowest BCUT2D eigenvalue weighted by atomic mass is 10.1. The molecular formula is C23H25N3O4. The van der Waals surface area contributed by atoms with Gasteiger partial charge in [0.1, 0.15) is 17.2 Å². The van der Waals surface area contributed by atoms with Gasteiger partial charge < -0.3 is 14.7 Å². The van der Waals surface area contributed by atoms with Gasteiger partial charge in [0.15, 0.2) is 5.78 Å². The molecule has 7 heteroatoms. The van der Waals surface area contributed by atoms with Crippen LogP contribution in [-0.4, -0.2) is 38.5 Å². The minimum Gasteiger partial charge on any atom is -0.507 e. The van der Waals surface area contributed by atoms with E-state index < -0.39 is 0 Å². The molecule has 3 aromatic rings. The van der Waals surface area contributed by atoms with E-state index in [0.717, 1.165) is 29.7 Å². The molecule has 2 heterocycles. The number of rotatable bonds is 7. The molecule has 2 N–H and O–H groups in total. The lowest BCUT2D eigenvalue weighted by Gasteiger charge is -2.16. The summed E-state index contributed by atoms with van der Waals surface area (Å²) >= 11 is 0. The lowest BCUT2D eigenvalue weighted by molar-refractivity contribution is 0.0748. The van der Waals surface area contributed by atoms with Gasteiger partial charge in [-0.05, 0) is 35.7 Å². The molecule has 156 valence electrons. The van der Waals surface area contributed by atoms with Gasteiger partial charge in [0, 0.05) is 31.0 Å². The van der Waals surface area contributed by atoms with Crippen LogP contribution in [0.1, 0.15) is 65.1 Å². The average Bonchev–Trinajstić information content (AvgIpc) is 3.35. The normalized spacial score (nSPS) is 12.9. The van der Waals surface area contributed by atoms with Crippen LogP contribution < -0.4 is 4.74 Å². The highest BCUT2D eigenvalue weighted by molar-refractivity contribution is 6.09. The monoisotopic (exact) mass is 407 g/mol. The number of H-pyrrole nitrogens is 1. The molecule has 0 saturated carbocycles. The largest absolute Gasteiger partial charge is 0.507 e. The Morgan fingerprint density at radius 3 is 2.73 bits per heavy atom. The molecule has 0 saturated heterocycles. The highest BCUT2D eigenvalue weighted by Gasteiger charge is 2.27. The average molecular weight is 407 g/mol. The number of phenols is 1. The van der Waals surface area contributed by atoms with E-state index in [9.17, 15) is 14.7 Å². The van der Waals surface area contributed by atoms with E-state index in [0.29, 0.717) is 42.7 Å². The highest BCUT2D eigenvalue weighted by Crippen LogP contribution is 2.32. The van der Waals surface area contributed by atoms with Crippen molar-refractivity contribution >= 4 is 22.6 Å². The number of fused-ring (bicyclic) bond motifs is 2. The number of benzene rings is 2. The second kappa shape index (κ2) is 8.18. The summed E-state index contributed by atoms with van der Waals surface area (Å²) < 4.78 is 5.77. The number of aromatic nitrogens is 2. The molecule has 30 heavy (non-hydrogen) atoms. The van der Waals surface area contributed by atoms with Crippen molar-refractivity contribution in [3.63, 3.8) is 0 Å². The van der Waals surface area contributed by atoms with Crippen molar-refractivity contribution in [3.05, 3.63) is 52.7 Å². The van der Waals surface area contributed by atoms with E-state index in [1.807, 2.05) is 18.2 Å². The topological polar surface area (TPSA) is 95.5 Å². The quantitative estimate of drug-likeness (QED) is 0.452. The number of hydrogen-bond acceptors (Lipinski definition) is 5. The zero-order valence-corrected chi connectivity index (χ0v) is 17.2. The predicted molar refractivity (Wildman–Crippen MR) is 113 cm³/mol. The highest BCUT2D eigenvalue weighted by atomic mass is 16.5. The van der Waals surface area contributed by atoms with Gasteiger partial charge in [-0.25, -0.2) is 0 Å². The molecular weight excluding hydrogens is 382 g/mol. The van der Waals surface area contributed by atoms with E-state index in [4.69, 9.17) is 4.74 Å². The van der Waals surface area contributed by atoms with Gasteiger partial charge in [0.25, 0.3) is 5.91 Å². The van der Waals surface area contributed by atoms with Gasteiger partial charge >= 0.3 is 0 Å². The Balaban J connectivity index is 1.58. The molecule has 4 rings (SSSR count). The summed E-state index contributed by atoms with van der Waals surface area (Å²) in [6.07, 6.45) is 2.39. The molecule has 0 aliphatic carbocycles. The number of ketones is 1. The fourth-order valence-electron chi connectivity index (χ4n) is 3.71. The number of carbonyl (C=O) groups excluding carboxylic acids is 2. The van der Waals surface area contributed by atoms with Gasteiger partial charge in [-0.1, -0.05) is 26.3 Å². The second-order valence-electron chi connectivity index (χ2n) is 7.56. The molecule has 1 aliphatic heterocycles. The maximum Gasteiger partial charge on any atom is 0.258 e. The molecule has 1 amide bonds. The van der Waals surface area contributed by atoms with Crippen molar-refractivity contribution in [3.8, 4) is 11.5 Å². The number of ether oxygens (including phenoxy) is 1. The molecule has 0 fully saturated rings. The number of nitrogens with zero attached hydrogens (tertiary/aromatic N) is 2. The van der Waals surface area contributed by atoms with Crippen LogP contribution in [0.15, 0.2) is 30.3 Å². The molecule has 0 bridgehead atoms. The first-order chi connectivity index (χ1) is 14.5. The Morgan fingerprint density at radius 1 is 1.17 bits per heavy atom. The van der Waals surface area contributed by atoms with Crippen LogP contribution in [0.5, 0.6) is 11.5 Å². The van der Waals surface area contributed by atoms with E-state index in [-0.39, 0.29) is 23.0 Å². The minimum absolute atomic E-state index is 0.116. The van der Waals surface area contributed by atoms with Crippen molar-refractivity contribution in [2.45, 2.75) is 46.2 Å². The first kappa shape index (κ1) is 19.9. The summed E-state index contributed by atoms with van der Waals surface area (Å²) in [4.78, 5) is 27.0. The number of carbonyl (C=O) groups is 2. The molecule has 0 radical (unpaired) electrons. The number of aromatic amines is 1. The van der Waals surface area contributed by atoms with Crippen molar-refractivity contribution in [1.82, 2.24) is 15.1 Å². The Morgan fingerprint density at radius 2 is 1.97 bits per heavy atom. The number of unbranched alkanes of at least 4 members (excludes halogenated alkanes) is 1. The van der Waals surface area contributed by atoms with Gasteiger partial charge in [-0.3, -0.25) is 14.7 Å². The summed E-state index contributed by atoms with van der Waals surface area (Å²) in [5.41, 5.74) is 3.10. The summed E-state index contributed by atoms with van der Waals surface area (Å²) in [5.74, 6) is 0.276. The fraction of sp³-hybridized carbons (Fsp3) is 0.348. The number of hydrogen-bond donors (Lipinski definition) is 2. The van der Waals surface area contributed by atoms with E-state index >= 15 is 0 Å². The smallest absolute Gasteiger partial charge is 0.258 e. The molecule has 0 spiro atoms. The number of amides is 1. The van der Waals surface area contributed by atoms with Gasteiger partial charge in [0.05, 0.1) is 17.7 Å². The molecule has 1 aliphatic rings. The van der Waals surface area contributed by atoms with Gasteiger partial charge in [-0.2, -0.15) is 5.10 Å². The lowest BCUT2D eigenvalue weighted by Crippen LogP contribution is -2.25. The number of Topliss-reactive ketones (excluding diaryl/α,β-unsaturated/α-hetero) is 1. The zero-order valence-electron chi connectivity index (χ0n) is 17.2. The maximum absolute atomic E-state index is 13.2. The van der Waals surface area contributed by atoms with Crippen LogP contribution in [0.3, 0.4) is 0 Å². The summed E-state index contributed by atoms with van der Waals surface area (Å²) in [6.45, 7) is 5.47. The summed E-state index contributed by atoms with van der Waals surface area (Å²) in [6, 6.07) is 8.91. The SMILES string of the molecule is CCCCOc1ccc2c(c1)CN(C(=O)c1cc3c(C(=O)CC)n[nH]c3cc1O)C2. The van der Waals surface area contributed by atoms with Crippen molar-refractivity contribution in [2.75, 3.05) is 6.61 Å².